The van der Waals surface area contributed by atoms with Crippen LogP contribution in [0.15, 0.2) is 77.1 Å². The topological polar surface area (TPSA) is 17.0 Å². The second-order valence-electron chi connectivity index (χ2n) is 6.72. The fraction of sp³-hybridized carbons (Fsp3) is 0.167. The maximum Gasteiger partial charge on any atom is 0.0788 e. The quantitative estimate of drug-likeness (QED) is 0.482. The van der Waals surface area contributed by atoms with E-state index < -0.39 is 0 Å². The second-order valence-corrected chi connectivity index (χ2v) is 8.01. The first-order valence-corrected chi connectivity index (χ1v) is 10.1. The van der Waals surface area contributed by atoms with Crippen LogP contribution in [0.5, 0.6) is 0 Å². The number of fused-ring (bicyclic) bond motifs is 5. The number of benzene rings is 1. The first-order valence-electron chi connectivity index (χ1n) is 9.31. The summed E-state index contributed by atoms with van der Waals surface area (Å²) in [4.78, 5) is 2.63. The third-order valence-electron chi connectivity index (χ3n) is 4.85. The Balaban J connectivity index is 1.90. The molecule has 1 aliphatic carbocycles. The summed E-state index contributed by atoms with van der Waals surface area (Å²) in [6, 6.07) is 8.83. The molecule has 1 aliphatic heterocycles. The third kappa shape index (κ3) is 3.24. The van der Waals surface area contributed by atoms with Gasteiger partial charge < -0.3 is 5.43 Å². The molecule has 0 spiro atoms. The van der Waals surface area contributed by atoms with Crippen LogP contribution in [0, 0.1) is 0 Å². The largest absolute Gasteiger partial charge is 0.315 e. The summed E-state index contributed by atoms with van der Waals surface area (Å²) in [6.45, 7) is 8.04. The highest BCUT2D eigenvalue weighted by atomic mass is 32.2. The zero-order chi connectivity index (χ0) is 18.8. The van der Waals surface area contributed by atoms with Gasteiger partial charge in [0.2, 0.25) is 0 Å². The van der Waals surface area contributed by atoms with E-state index in [9.17, 15) is 0 Å². The Bertz CT molecular complexity index is 1000. The molecule has 1 N–H and O–H groups in total. The number of hydrogen-bond acceptors (Lipinski definition) is 2. The van der Waals surface area contributed by atoms with Gasteiger partial charge in [-0.15, -0.1) is 0 Å². The molecule has 1 unspecified atom stereocenters. The van der Waals surface area contributed by atoms with Crippen LogP contribution in [0.25, 0.3) is 23.3 Å². The van der Waals surface area contributed by atoms with E-state index in [0.717, 1.165) is 6.42 Å². The molecular weight excluding hydrogens is 348 g/mol. The van der Waals surface area contributed by atoms with E-state index in [4.69, 9.17) is 0 Å². The van der Waals surface area contributed by atoms with E-state index in [1.165, 1.54) is 37.9 Å². The number of allylic oxidation sites excluding steroid dienone is 5. The minimum absolute atomic E-state index is 0.0995. The predicted molar refractivity (Wildman–Crippen MR) is 119 cm³/mol. The zero-order valence-corrected chi connectivity index (χ0v) is 16.6. The molecule has 136 valence electrons. The molecule has 2 nitrogen and oxygen atoms in total. The van der Waals surface area contributed by atoms with Crippen molar-refractivity contribution < 1.29 is 0 Å². The van der Waals surface area contributed by atoms with Crippen molar-refractivity contribution in [2.75, 3.05) is 5.43 Å². The van der Waals surface area contributed by atoms with Crippen molar-refractivity contribution in [2.24, 2.45) is 0 Å². The molecule has 3 heteroatoms. The lowest BCUT2D eigenvalue weighted by atomic mass is 9.99. The number of hydrogen-bond donors (Lipinski definition) is 1. The molecule has 2 aliphatic rings. The maximum atomic E-state index is 3.80. The second kappa shape index (κ2) is 7.53. The van der Waals surface area contributed by atoms with E-state index in [0.29, 0.717) is 0 Å². The van der Waals surface area contributed by atoms with Gasteiger partial charge in [0.05, 0.1) is 17.4 Å². The third-order valence-corrected chi connectivity index (χ3v) is 5.86. The van der Waals surface area contributed by atoms with Crippen molar-refractivity contribution in [3.63, 3.8) is 0 Å². The smallest absolute Gasteiger partial charge is 0.0788 e. The number of rotatable bonds is 5. The number of nitrogens with one attached hydrogen (secondary N) is 1. The molecule has 1 atom stereocenters. The van der Waals surface area contributed by atoms with Crippen molar-refractivity contribution in [2.45, 2.75) is 31.2 Å². The lowest BCUT2D eigenvalue weighted by molar-refractivity contribution is 0.815. The molecule has 0 amide bonds. The summed E-state index contributed by atoms with van der Waals surface area (Å²) >= 11 is 1.85. The van der Waals surface area contributed by atoms with Gasteiger partial charge in [0.15, 0.2) is 0 Å². The van der Waals surface area contributed by atoms with Gasteiger partial charge in [-0.3, -0.25) is 4.68 Å². The molecule has 27 heavy (non-hydrogen) atoms. The van der Waals surface area contributed by atoms with Crippen molar-refractivity contribution in [1.82, 2.24) is 4.68 Å². The molecule has 2 aromatic rings. The monoisotopic (exact) mass is 372 g/mol. The SMILES string of the molecule is C=CC=CC(/C=C\C)Nn1c2c(c3c1C=C(C)Sc1ccccc1-3)CC=C2. The van der Waals surface area contributed by atoms with Gasteiger partial charge in [-0.1, -0.05) is 73.0 Å². The molecule has 0 saturated carbocycles. The highest BCUT2D eigenvalue weighted by Crippen LogP contribution is 2.46. The van der Waals surface area contributed by atoms with Gasteiger partial charge in [0, 0.05) is 10.5 Å². The Labute approximate surface area is 165 Å². The summed E-state index contributed by atoms with van der Waals surface area (Å²) in [7, 11) is 0. The van der Waals surface area contributed by atoms with Crippen LogP contribution in [0.3, 0.4) is 0 Å². The Morgan fingerprint density at radius 1 is 1.22 bits per heavy atom. The van der Waals surface area contributed by atoms with E-state index in [-0.39, 0.29) is 6.04 Å². The molecular formula is C24H24N2S. The number of nitrogens with zero attached hydrogens (tertiary/aromatic N) is 1. The van der Waals surface area contributed by atoms with Crippen LogP contribution in [0.2, 0.25) is 0 Å². The Kier molecular flexibility index (Phi) is 4.95. The molecule has 4 rings (SSSR count). The Morgan fingerprint density at radius 3 is 2.89 bits per heavy atom. The summed E-state index contributed by atoms with van der Waals surface area (Å²) in [5, 5.41) is 0. The van der Waals surface area contributed by atoms with Crippen LogP contribution in [-0.4, -0.2) is 10.7 Å². The van der Waals surface area contributed by atoms with Crippen LogP contribution >= 0.6 is 11.8 Å². The number of thioether (sulfide) groups is 1. The van der Waals surface area contributed by atoms with Gasteiger partial charge in [-0.2, -0.15) is 0 Å². The van der Waals surface area contributed by atoms with Crippen molar-refractivity contribution in [3.8, 4) is 11.1 Å². The van der Waals surface area contributed by atoms with Gasteiger partial charge in [-0.25, -0.2) is 0 Å². The first kappa shape index (κ1) is 17.7. The summed E-state index contributed by atoms with van der Waals surface area (Å²) < 4.78 is 2.26. The molecule has 2 heterocycles. The molecule has 0 radical (unpaired) electrons. The fourth-order valence-electron chi connectivity index (χ4n) is 3.77. The normalized spacial score (nSPS) is 16.0. The van der Waals surface area contributed by atoms with Crippen LogP contribution in [0.4, 0.5) is 0 Å². The van der Waals surface area contributed by atoms with E-state index in [1.54, 1.807) is 0 Å². The minimum Gasteiger partial charge on any atom is -0.315 e. The van der Waals surface area contributed by atoms with Crippen LogP contribution in [-0.2, 0) is 6.42 Å². The standard InChI is InChI=1S/C24H24N2S/c1-4-6-11-18(10-5-2)25-26-21-14-9-13-19(21)24-20-12-7-8-15-23(20)27-17(3)16-22(24)26/h4-12,14-16,18,25H,1,13H2,2-3H3/b10-5-,11-6?. The fourth-order valence-corrected chi connectivity index (χ4v) is 4.71. The van der Waals surface area contributed by atoms with E-state index >= 15 is 0 Å². The highest BCUT2D eigenvalue weighted by Gasteiger charge is 2.27. The first-order chi connectivity index (χ1) is 13.2. The zero-order valence-electron chi connectivity index (χ0n) is 15.8. The lowest BCUT2D eigenvalue weighted by Gasteiger charge is -2.18. The summed E-state index contributed by atoms with van der Waals surface area (Å²) in [5.74, 6) is 0. The van der Waals surface area contributed by atoms with Crippen LogP contribution < -0.4 is 5.43 Å². The predicted octanol–water partition coefficient (Wildman–Crippen LogP) is 6.42. The Morgan fingerprint density at radius 2 is 2.07 bits per heavy atom. The van der Waals surface area contributed by atoms with Gasteiger partial charge >= 0.3 is 0 Å². The summed E-state index contributed by atoms with van der Waals surface area (Å²) in [5.41, 5.74) is 10.3. The van der Waals surface area contributed by atoms with E-state index in [2.05, 4.69) is 84.3 Å². The van der Waals surface area contributed by atoms with Crippen molar-refractivity contribution in [3.05, 3.63) is 89.2 Å². The molecule has 1 aromatic heterocycles. The molecule has 1 aromatic carbocycles. The van der Waals surface area contributed by atoms with Gasteiger partial charge in [0.25, 0.3) is 0 Å². The van der Waals surface area contributed by atoms with Gasteiger partial charge in [-0.05, 0) is 54.5 Å². The average Bonchev–Trinajstić information content (AvgIpc) is 3.18. The summed E-state index contributed by atoms with van der Waals surface area (Å²) in [6.07, 6.45) is 17.9. The number of aromatic nitrogens is 1. The van der Waals surface area contributed by atoms with E-state index in [1.807, 2.05) is 30.8 Å². The maximum absolute atomic E-state index is 3.80. The molecule has 0 bridgehead atoms. The van der Waals surface area contributed by atoms with Crippen molar-refractivity contribution in [1.29, 1.82) is 0 Å². The Hall–Kier alpha value is -2.65. The lowest BCUT2D eigenvalue weighted by Crippen LogP contribution is -2.26. The van der Waals surface area contributed by atoms with Crippen molar-refractivity contribution >= 4 is 23.9 Å². The average molecular weight is 373 g/mol. The molecule has 0 saturated heterocycles. The minimum atomic E-state index is 0.0995. The van der Waals surface area contributed by atoms with Gasteiger partial charge in [0.1, 0.15) is 0 Å². The highest BCUT2D eigenvalue weighted by molar-refractivity contribution is 8.03. The van der Waals surface area contributed by atoms with Crippen LogP contribution in [0.1, 0.15) is 30.8 Å². The molecule has 0 fully saturated rings.